The Hall–Kier alpha value is -2.34. The van der Waals surface area contributed by atoms with E-state index in [2.05, 4.69) is 10.3 Å². The molecule has 5 nitrogen and oxygen atoms in total. The second kappa shape index (κ2) is 4.97. The highest BCUT2D eigenvalue weighted by atomic mass is 32.1. The number of carbonyl (C=O) groups excluding carboxylic acids is 1. The Morgan fingerprint density at radius 2 is 2.25 bits per heavy atom. The summed E-state index contributed by atoms with van der Waals surface area (Å²) < 4.78 is 2.89. The van der Waals surface area contributed by atoms with Crippen LogP contribution in [0.25, 0.3) is 10.1 Å². The summed E-state index contributed by atoms with van der Waals surface area (Å²) in [7, 11) is 1.89. The number of nitrogens with zero attached hydrogens (tertiary/aromatic N) is 2. The van der Waals surface area contributed by atoms with Crippen molar-refractivity contribution < 1.29 is 4.79 Å². The number of thiophene rings is 1. The van der Waals surface area contributed by atoms with E-state index in [-0.39, 0.29) is 5.91 Å². The van der Waals surface area contributed by atoms with Gasteiger partial charge >= 0.3 is 0 Å². The maximum Gasteiger partial charge on any atom is 0.263 e. The van der Waals surface area contributed by atoms with Crippen LogP contribution in [-0.4, -0.2) is 15.5 Å². The third-order valence-corrected chi connectivity index (χ3v) is 4.35. The zero-order chi connectivity index (χ0) is 14.1. The quantitative estimate of drug-likeness (QED) is 0.775. The smallest absolute Gasteiger partial charge is 0.263 e. The lowest BCUT2D eigenvalue weighted by Gasteiger charge is -2.04. The summed E-state index contributed by atoms with van der Waals surface area (Å²) in [4.78, 5) is 16.9. The number of nitrogens with two attached hydrogens (primary N) is 1. The number of nitrogen functional groups attached to an aromatic ring is 1. The van der Waals surface area contributed by atoms with Gasteiger partial charge < -0.3 is 15.6 Å². The van der Waals surface area contributed by atoms with Crippen LogP contribution in [0.5, 0.6) is 0 Å². The predicted octanol–water partition coefficient (Wildman–Crippen LogP) is 2.15. The van der Waals surface area contributed by atoms with Gasteiger partial charge in [-0.2, -0.15) is 0 Å². The summed E-state index contributed by atoms with van der Waals surface area (Å²) in [6.07, 6.45) is 3.55. The number of carbonyl (C=O) groups is 1. The number of benzene rings is 1. The Morgan fingerprint density at radius 3 is 2.95 bits per heavy atom. The van der Waals surface area contributed by atoms with Gasteiger partial charge in [-0.05, 0) is 6.07 Å². The molecule has 0 aliphatic heterocycles. The molecule has 0 atom stereocenters. The van der Waals surface area contributed by atoms with E-state index in [0.717, 1.165) is 15.9 Å². The van der Waals surface area contributed by atoms with Gasteiger partial charge in [-0.1, -0.05) is 18.2 Å². The number of rotatable bonds is 3. The Balaban J connectivity index is 1.82. The molecule has 0 aliphatic rings. The zero-order valence-corrected chi connectivity index (χ0v) is 11.8. The Kier molecular flexibility index (Phi) is 3.15. The first-order valence-electron chi connectivity index (χ1n) is 6.18. The molecule has 3 aromatic rings. The van der Waals surface area contributed by atoms with Crippen molar-refractivity contribution in [2.75, 3.05) is 5.73 Å². The predicted molar refractivity (Wildman–Crippen MR) is 80.6 cm³/mol. The largest absolute Gasteiger partial charge is 0.397 e. The molecular weight excluding hydrogens is 272 g/mol. The monoisotopic (exact) mass is 286 g/mol. The van der Waals surface area contributed by atoms with Gasteiger partial charge in [0, 0.05) is 29.5 Å². The summed E-state index contributed by atoms with van der Waals surface area (Å²) in [5.74, 6) is 0.643. The summed E-state index contributed by atoms with van der Waals surface area (Å²) >= 11 is 1.41. The van der Waals surface area contributed by atoms with E-state index in [0.29, 0.717) is 17.1 Å². The first kappa shape index (κ1) is 12.7. The van der Waals surface area contributed by atoms with E-state index < -0.39 is 0 Å². The molecule has 1 amide bonds. The zero-order valence-electron chi connectivity index (χ0n) is 11.0. The van der Waals surface area contributed by atoms with Crippen molar-refractivity contribution in [3.63, 3.8) is 0 Å². The summed E-state index contributed by atoms with van der Waals surface area (Å²) in [5.41, 5.74) is 6.59. The minimum Gasteiger partial charge on any atom is -0.397 e. The highest BCUT2D eigenvalue weighted by Gasteiger charge is 2.16. The Morgan fingerprint density at radius 1 is 1.45 bits per heavy atom. The first-order chi connectivity index (χ1) is 9.66. The molecule has 0 bridgehead atoms. The van der Waals surface area contributed by atoms with E-state index in [1.165, 1.54) is 11.3 Å². The molecule has 20 heavy (non-hydrogen) atoms. The molecule has 0 aliphatic carbocycles. The van der Waals surface area contributed by atoms with Gasteiger partial charge in [0.25, 0.3) is 5.91 Å². The fraction of sp³-hybridized carbons (Fsp3) is 0.143. The SMILES string of the molecule is Cn1ccnc1CNC(=O)c1sc2ccccc2c1N. The van der Waals surface area contributed by atoms with E-state index in [4.69, 9.17) is 5.73 Å². The topological polar surface area (TPSA) is 72.9 Å². The van der Waals surface area contributed by atoms with Crippen molar-refractivity contribution in [3.8, 4) is 0 Å². The number of hydrogen-bond donors (Lipinski definition) is 2. The van der Waals surface area contributed by atoms with Gasteiger partial charge in [-0.25, -0.2) is 4.98 Å². The van der Waals surface area contributed by atoms with Crippen molar-refractivity contribution in [2.45, 2.75) is 6.54 Å². The Labute approximate surface area is 120 Å². The Bertz CT molecular complexity index is 774. The number of anilines is 1. The molecule has 0 spiro atoms. The van der Waals surface area contributed by atoms with Crippen molar-refractivity contribution in [3.05, 3.63) is 47.4 Å². The number of aryl methyl sites for hydroxylation is 1. The lowest BCUT2D eigenvalue weighted by atomic mass is 10.2. The normalized spacial score (nSPS) is 10.8. The molecule has 6 heteroatoms. The molecule has 3 N–H and O–H groups in total. The summed E-state index contributed by atoms with van der Waals surface area (Å²) in [6.45, 7) is 0.385. The molecule has 2 heterocycles. The average molecular weight is 286 g/mol. The van der Waals surface area contributed by atoms with Crippen molar-refractivity contribution in [1.82, 2.24) is 14.9 Å². The lowest BCUT2D eigenvalue weighted by molar-refractivity contribution is 0.0954. The van der Waals surface area contributed by atoms with E-state index in [1.54, 1.807) is 6.20 Å². The highest BCUT2D eigenvalue weighted by Crippen LogP contribution is 2.33. The van der Waals surface area contributed by atoms with Crippen molar-refractivity contribution in [2.24, 2.45) is 7.05 Å². The van der Waals surface area contributed by atoms with Crippen LogP contribution in [0, 0.1) is 0 Å². The fourth-order valence-corrected chi connectivity index (χ4v) is 3.08. The molecule has 3 rings (SSSR count). The van der Waals surface area contributed by atoms with Gasteiger partial charge in [-0.3, -0.25) is 4.79 Å². The molecule has 0 unspecified atom stereocenters. The molecule has 1 aromatic carbocycles. The summed E-state index contributed by atoms with van der Waals surface area (Å²) in [5, 5.41) is 3.78. The minimum atomic E-state index is -0.160. The molecule has 102 valence electrons. The van der Waals surface area contributed by atoms with Gasteiger partial charge in [0.15, 0.2) is 0 Å². The number of aromatic nitrogens is 2. The molecule has 0 radical (unpaired) electrons. The second-order valence-corrected chi connectivity index (χ2v) is 5.53. The molecule has 0 saturated heterocycles. The van der Waals surface area contributed by atoms with Crippen molar-refractivity contribution in [1.29, 1.82) is 0 Å². The van der Waals surface area contributed by atoms with Gasteiger partial charge in [0.1, 0.15) is 10.7 Å². The standard InChI is InChI=1S/C14H14N4OS/c1-18-7-6-16-11(18)8-17-14(19)13-12(15)9-4-2-3-5-10(9)20-13/h2-7H,8,15H2,1H3,(H,17,19). The maximum atomic E-state index is 12.2. The average Bonchev–Trinajstić information content (AvgIpc) is 3.01. The number of imidazole rings is 1. The van der Waals surface area contributed by atoms with Gasteiger partial charge in [0.2, 0.25) is 0 Å². The second-order valence-electron chi connectivity index (χ2n) is 4.48. The number of nitrogens with one attached hydrogen (secondary N) is 1. The highest BCUT2D eigenvalue weighted by molar-refractivity contribution is 7.21. The van der Waals surface area contributed by atoms with Crippen LogP contribution in [0.1, 0.15) is 15.5 Å². The van der Waals surface area contributed by atoms with Crippen LogP contribution in [0.4, 0.5) is 5.69 Å². The van der Waals surface area contributed by atoms with Crippen LogP contribution in [0.15, 0.2) is 36.7 Å². The van der Waals surface area contributed by atoms with Crippen LogP contribution in [-0.2, 0) is 13.6 Å². The van der Waals surface area contributed by atoms with E-state index in [9.17, 15) is 4.79 Å². The van der Waals surface area contributed by atoms with Crippen LogP contribution >= 0.6 is 11.3 Å². The van der Waals surface area contributed by atoms with Gasteiger partial charge in [0.05, 0.1) is 12.2 Å². The number of amides is 1. The number of fused-ring (bicyclic) bond motifs is 1. The third kappa shape index (κ3) is 2.14. The third-order valence-electron chi connectivity index (χ3n) is 3.17. The lowest BCUT2D eigenvalue weighted by Crippen LogP contribution is -2.24. The maximum absolute atomic E-state index is 12.2. The summed E-state index contributed by atoms with van der Waals surface area (Å²) in [6, 6.07) is 7.75. The molecular formula is C14H14N4OS. The minimum absolute atomic E-state index is 0.160. The first-order valence-corrected chi connectivity index (χ1v) is 7.00. The molecule has 0 fully saturated rings. The molecule has 2 aromatic heterocycles. The van der Waals surface area contributed by atoms with E-state index >= 15 is 0 Å². The van der Waals surface area contributed by atoms with E-state index in [1.807, 2.05) is 42.1 Å². The van der Waals surface area contributed by atoms with Crippen LogP contribution in [0.2, 0.25) is 0 Å². The van der Waals surface area contributed by atoms with Crippen LogP contribution < -0.4 is 11.1 Å². The van der Waals surface area contributed by atoms with Crippen molar-refractivity contribution >= 4 is 33.0 Å². The van der Waals surface area contributed by atoms with Gasteiger partial charge in [-0.15, -0.1) is 11.3 Å². The number of hydrogen-bond acceptors (Lipinski definition) is 4. The molecule has 0 saturated carbocycles. The fourth-order valence-electron chi connectivity index (χ4n) is 2.04. The van der Waals surface area contributed by atoms with Crippen LogP contribution in [0.3, 0.4) is 0 Å².